The van der Waals surface area contributed by atoms with E-state index in [2.05, 4.69) is 25.7 Å². The monoisotopic (exact) mass is 319 g/mol. The van der Waals surface area contributed by atoms with Crippen LogP contribution in [0.25, 0.3) is 0 Å². The van der Waals surface area contributed by atoms with Crippen molar-refractivity contribution in [3.63, 3.8) is 0 Å². The zero-order chi connectivity index (χ0) is 7.98. The minimum atomic E-state index is 0. The molecule has 0 fully saturated rings. The Balaban J connectivity index is 0. The molecular formula is C7H15NNdS2. The van der Waals surface area contributed by atoms with Crippen LogP contribution in [0.2, 0.25) is 0 Å². The second kappa shape index (κ2) is 9.68. The zero-order valence-electron chi connectivity index (χ0n) is 7.39. The Morgan fingerprint density at radius 3 is 2.00 bits per heavy atom. The number of hydrogen-bond acceptors (Lipinski definition) is 2. The summed E-state index contributed by atoms with van der Waals surface area (Å²) >= 11 is 6.91. The van der Waals surface area contributed by atoms with Crippen LogP contribution < -0.4 is 0 Å². The Hall–Kier alpha value is 1.59. The van der Waals surface area contributed by atoms with Gasteiger partial charge in [0, 0.05) is 53.9 Å². The summed E-state index contributed by atoms with van der Waals surface area (Å²) in [4.78, 5) is 2.20. The van der Waals surface area contributed by atoms with Crippen molar-refractivity contribution in [3.05, 3.63) is 0 Å². The third-order valence-electron chi connectivity index (χ3n) is 1.29. The van der Waals surface area contributed by atoms with Gasteiger partial charge in [-0.05, 0) is 19.6 Å². The summed E-state index contributed by atoms with van der Waals surface area (Å²) in [7, 11) is 0. The molecule has 0 saturated heterocycles. The fourth-order valence-corrected chi connectivity index (χ4v) is 2.00. The van der Waals surface area contributed by atoms with Crippen LogP contribution in [0.4, 0.5) is 0 Å². The molecule has 0 rings (SSSR count). The van der Waals surface area contributed by atoms with Gasteiger partial charge in [-0.25, -0.2) is 0 Å². The van der Waals surface area contributed by atoms with E-state index < -0.39 is 0 Å². The van der Waals surface area contributed by atoms with Crippen LogP contribution in [0.3, 0.4) is 0 Å². The molecule has 0 unspecified atom stereocenters. The van der Waals surface area contributed by atoms with Crippen molar-refractivity contribution in [3.8, 4) is 0 Å². The molecule has 0 aliphatic rings. The van der Waals surface area contributed by atoms with Crippen molar-refractivity contribution in [2.45, 2.75) is 20.8 Å². The van der Waals surface area contributed by atoms with E-state index in [0.717, 1.165) is 23.2 Å². The van der Waals surface area contributed by atoms with E-state index in [4.69, 9.17) is 12.2 Å². The zero-order valence-corrected chi connectivity index (χ0v) is 12.2. The molecule has 64 valence electrons. The number of nitrogens with zero attached hydrogens (tertiary/aromatic N) is 1. The number of hydrogen-bond donors (Lipinski definition) is 0. The molecule has 0 radical (unpaired) electrons. The molecule has 0 N–H and O–H groups in total. The fraction of sp³-hybridized carbons (Fsp3) is 0.857. The van der Waals surface area contributed by atoms with Crippen LogP contribution in [0.15, 0.2) is 0 Å². The summed E-state index contributed by atoms with van der Waals surface area (Å²) in [6.45, 7) is 8.45. The molecule has 0 aliphatic carbocycles. The SMILES string of the molecule is CCSC(=S)N(CC)CC.[Nd]. The van der Waals surface area contributed by atoms with Gasteiger partial charge in [0.1, 0.15) is 4.32 Å². The summed E-state index contributed by atoms with van der Waals surface area (Å²) in [6, 6.07) is 0. The quantitative estimate of drug-likeness (QED) is 0.735. The molecule has 0 aromatic rings. The number of thiocarbonyl (C=S) groups is 1. The van der Waals surface area contributed by atoms with Crippen molar-refractivity contribution in [2.24, 2.45) is 0 Å². The van der Waals surface area contributed by atoms with Gasteiger partial charge in [-0.3, -0.25) is 0 Å². The Labute approximate surface area is 112 Å². The first-order chi connectivity index (χ1) is 4.76. The average molecular weight is 322 g/mol. The topological polar surface area (TPSA) is 3.24 Å². The van der Waals surface area contributed by atoms with Gasteiger partial charge in [-0.15, -0.1) is 0 Å². The van der Waals surface area contributed by atoms with Crippen LogP contribution in [0.5, 0.6) is 0 Å². The van der Waals surface area contributed by atoms with Crippen molar-refractivity contribution in [1.29, 1.82) is 0 Å². The Kier molecular flexibility index (Phi) is 13.3. The van der Waals surface area contributed by atoms with E-state index in [1.54, 1.807) is 11.8 Å². The molecule has 0 bridgehead atoms. The number of rotatable bonds is 3. The van der Waals surface area contributed by atoms with Crippen LogP contribution in [-0.4, -0.2) is 28.1 Å². The molecular weight excluding hydrogens is 306 g/mol. The molecule has 0 aromatic carbocycles. The fourth-order valence-electron chi connectivity index (χ4n) is 0.697. The standard InChI is InChI=1S/C7H15NS2.Nd/c1-4-8(5-2)7(9)10-6-3;/h4-6H2,1-3H3;. The smallest absolute Gasteiger partial charge is 0.136 e. The van der Waals surface area contributed by atoms with Gasteiger partial charge in [-0.2, -0.15) is 0 Å². The maximum absolute atomic E-state index is 5.16. The molecule has 0 aliphatic heterocycles. The van der Waals surface area contributed by atoms with Crippen LogP contribution in [0.1, 0.15) is 20.8 Å². The predicted molar refractivity (Wildman–Crippen MR) is 53.7 cm³/mol. The minimum Gasteiger partial charge on any atom is -0.358 e. The first-order valence-corrected chi connectivity index (χ1v) is 5.07. The van der Waals surface area contributed by atoms with E-state index in [1.807, 2.05) is 0 Å². The van der Waals surface area contributed by atoms with Gasteiger partial charge in [0.2, 0.25) is 0 Å². The van der Waals surface area contributed by atoms with E-state index in [9.17, 15) is 0 Å². The third kappa shape index (κ3) is 6.73. The van der Waals surface area contributed by atoms with Crippen molar-refractivity contribution in [2.75, 3.05) is 18.8 Å². The third-order valence-corrected chi connectivity index (χ3v) is 2.70. The molecule has 0 heterocycles. The van der Waals surface area contributed by atoms with Gasteiger partial charge in [0.25, 0.3) is 0 Å². The van der Waals surface area contributed by atoms with Crippen LogP contribution in [-0.2, 0) is 0 Å². The van der Waals surface area contributed by atoms with E-state index >= 15 is 0 Å². The molecule has 4 heteroatoms. The van der Waals surface area contributed by atoms with Crippen LogP contribution >= 0.6 is 24.0 Å². The maximum Gasteiger partial charge on any atom is 0.136 e. The molecule has 0 aromatic heterocycles. The van der Waals surface area contributed by atoms with Crippen molar-refractivity contribution < 1.29 is 40.8 Å². The van der Waals surface area contributed by atoms with Gasteiger partial charge in [-0.1, -0.05) is 30.9 Å². The van der Waals surface area contributed by atoms with Gasteiger partial charge in [0.15, 0.2) is 0 Å². The van der Waals surface area contributed by atoms with Crippen molar-refractivity contribution >= 4 is 28.3 Å². The first-order valence-electron chi connectivity index (χ1n) is 3.67. The maximum atomic E-state index is 5.16. The predicted octanol–water partition coefficient (Wildman–Crippen LogP) is 2.37. The minimum absolute atomic E-state index is 0. The molecule has 0 saturated carbocycles. The van der Waals surface area contributed by atoms with Gasteiger partial charge in [0.05, 0.1) is 0 Å². The average Bonchev–Trinajstić information content (AvgIpc) is 1.91. The second-order valence-corrected chi connectivity index (χ2v) is 3.77. The normalized spacial score (nSPS) is 8.64. The summed E-state index contributed by atoms with van der Waals surface area (Å²) in [5.74, 6) is 1.08. The van der Waals surface area contributed by atoms with E-state index in [0.29, 0.717) is 0 Å². The molecule has 0 spiro atoms. The summed E-state index contributed by atoms with van der Waals surface area (Å²) in [5.41, 5.74) is 0. The van der Waals surface area contributed by atoms with E-state index in [-0.39, 0.29) is 40.8 Å². The number of thioether (sulfide) groups is 1. The summed E-state index contributed by atoms with van der Waals surface area (Å²) in [5, 5.41) is 0. The van der Waals surface area contributed by atoms with Crippen molar-refractivity contribution in [1.82, 2.24) is 4.90 Å². The second-order valence-electron chi connectivity index (χ2n) is 1.87. The van der Waals surface area contributed by atoms with Gasteiger partial charge >= 0.3 is 0 Å². The summed E-state index contributed by atoms with van der Waals surface area (Å²) < 4.78 is 1.03. The molecule has 1 nitrogen and oxygen atoms in total. The Bertz CT molecular complexity index is 105. The van der Waals surface area contributed by atoms with Gasteiger partial charge < -0.3 is 4.90 Å². The van der Waals surface area contributed by atoms with Crippen LogP contribution in [0, 0.1) is 40.8 Å². The largest absolute Gasteiger partial charge is 0.358 e. The molecule has 0 amide bonds. The Morgan fingerprint density at radius 1 is 1.27 bits per heavy atom. The van der Waals surface area contributed by atoms with E-state index in [1.165, 1.54) is 0 Å². The molecule has 0 atom stereocenters. The molecule has 11 heavy (non-hydrogen) atoms. The first kappa shape index (κ1) is 15.1. The Morgan fingerprint density at radius 2 is 1.73 bits per heavy atom. The summed E-state index contributed by atoms with van der Waals surface area (Å²) in [6.07, 6.45) is 0.